The molecule has 1 aliphatic heterocycles. The largest absolute Gasteiger partial charge is 0.306 e. The molecule has 0 saturated heterocycles. The van der Waals surface area contributed by atoms with Crippen LogP contribution < -0.4 is 4.90 Å². The van der Waals surface area contributed by atoms with Crippen molar-refractivity contribution in [2.24, 2.45) is 0 Å². The first-order valence-electron chi connectivity index (χ1n) is 7.57. The van der Waals surface area contributed by atoms with Gasteiger partial charge in [-0.05, 0) is 30.3 Å². The molecule has 1 aromatic heterocycles. The molecule has 24 heavy (non-hydrogen) atoms. The van der Waals surface area contributed by atoms with Crippen LogP contribution in [0.15, 0.2) is 65.8 Å². The molecular weight excluding hydrogens is 342 g/mol. The van der Waals surface area contributed by atoms with Crippen LogP contribution in [0.4, 0.5) is 5.69 Å². The number of hydrogen-bond donors (Lipinski definition) is 0. The van der Waals surface area contributed by atoms with E-state index < -0.39 is 0 Å². The second kappa shape index (κ2) is 6.34. The quantitative estimate of drug-likeness (QED) is 0.688. The Bertz CT molecular complexity index is 894. The molecule has 0 radical (unpaired) electrons. The summed E-state index contributed by atoms with van der Waals surface area (Å²) in [5.74, 6) is 0.814. The van der Waals surface area contributed by atoms with Crippen LogP contribution in [0.5, 0.6) is 0 Å². The van der Waals surface area contributed by atoms with Gasteiger partial charge in [0.15, 0.2) is 0 Å². The molecule has 0 bridgehead atoms. The average Bonchev–Trinajstić information content (AvgIpc) is 3.11. The number of carbonyl (C=O) groups is 1. The Morgan fingerprint density at radius 2 is 2.00 bits per heavy atom. The zero-order chi connectivity index (χ0) is 16.5. The van der Waals surface area contributed by atoms with E-state index in [0.717, 1.165) is 22.0 Å². The predicted molar refractivity (Wildman–Crippen MR) is 97.4 cm³/mol. The molecule has 1 amide bonds. The molecule has 0 fully saturated rings. The summed E-state index contributed by atoms with van der Waals surface area (Å²) in [5, 5.41) is 4.95. The predicted octanol–water partition coefficient (Wildman–Crippen LogP) is 4.28. The van der Waals surface area contributed by atoms with Crippen LogP contribution in [-0.2, 0) is 0 Å². The molecule has 0 atom stereocenters. The lowest BCUT2D eigenvalue weighted by molar-refractivity contribution is 0.0987. The molecular formula is C18H14ClN3OS. The number of amides is 1. The zero-order valence-electron chi connectivity index (χ0n) is 12.7. The summed E-state index contributed by atoms with van der Waals surface area (Å²) in [4.78, 5) is 15.8. The SMILES string of the molecule is O=C(c1cnn(-c2ccccc2)c1)N1CCSc2ccc(Cl)cc21. The van der Waals surface area contributed by atoms with Crippen LogP contribution in [-0.4, -0.2) is 28.0 Å². The van der Waals surface area contributed by atoms with E-state index >= 15 is 0 Å². The van der Waals surface area contributed by atoms with Crippen LogP contribution in [0, 0.1) is 0 Å². The van der Waals surface area contributed by atoms with Crippen molar-refractivity contribution >= 4 is 35.0 Å². The van der Waals surface area contributed by atoms with Crippen molar-refractivity contribution in [1.82, 2.24) is 9.78 Å². The van der Waals surface area contributed by atoms with Crippen LogP contribution in [0.1, 0.15) is 10.4 Å². The van der Waals surface area contributed by atoms with Gasteiger partial charge in [-0.25, -0.2) is 4.68 Å². The van der Waals surface area contributed by atoms with E-state index in [2.05, 4.69) is 5.10 Å². The average molecular weight is 356 g/mol. The highest BCUT2D eigenvalue weighted by Crippen LogP contribution is 2.37. The second-order valence-corrected chi connectivity index (χ2v) is 7.00. The highest BCUT2D eigenvalue weighted by molar-refractivity contribution is 7.99. The lowest BCUT2D eigenvalue weighted by atomic mass is 10.2. The van der Waals surface area contributed by atoms with Crippen LogP contribution in [0.3, 0.4) is 0 Å². The molecule has 0 unspecified atom stereocenters. The number of halogens is 1. The molecule has 0 N–H and O–H groups in total. The molecule has 0 saturated carbocycles. The topological polar surface area (TPSA) is 38.1 Å². The van der Waals surface area contributed by atoms with E-state index in [0.29, 0.717) is 17.1 Å². The number of rotatable bonds is 2. The van der Waals surface area contributed by atoms with Gasteiger partial charge in [0.05, 0.1) is 23.1 Å². The maximum atomic E-state index is 12.9. The molecule has 2 heterocycles. The first-order chi connectivity index (χ1) is 11.7. The Balaban J connectivity index is 1.66. The molecule has 0 spiro atoms. The molecule has 3 aromatic rings. The summed E-state index contributed by atoms with van der Waals surface area (Å²) < 4.78 is 1.71. The van der Waals surface area contributed by atoms with E-state index in [1.54, 1.807) is 33.7 Å². The molecule has 120 valence electrons. The number of fused-ring (bicyclic) bond motifs is 1. The number of aromatic nitrogens is 2. The second-order valence-electron chi connectivity index (χ2n) is 5.43. The monoisotopic (exact) mass is 355 g/mol. The fraction of sp³-hybridized carbons (Fsp3) is 0.111. The summed E-state index contributed by atoms with van der Waals surface area (Å²) in [6.45, 7) is 0.660. The smallest absolute Gasteiger partial charge is 0.261 e. The maximum Gasteiger partial charge on any atom is 0.261 e. The van der Waals surface area contributed by atoms with Crippen molar-refractivity contribution in [3.8, 4) is 5.69 Å². The molecule has 6 heteroatoms. The van der Waals surface area contributed by atoms with Crippen molar-refractivity contribution in [3.63, 3.8) is 0 Å². The number of anilines is 1. The van der Waals surface area contributed by atoms with Gasteiger partial charge in [-0.1, -0.05) is 29.8 Å². The van der Waals surface area contributed by atoms with Crippen molar-refractivity contribution in [2.75, 3.05) is 17.2 Å². The van der Waals surface area contributed by atoms with Gasteiger partial charge in [0.2, 0.25) is 0 Å². The fourth-order valence-corrected chi connectivity index (χ4v) is 3.85. The highest BCUT2D eigenvalue weighted by Gasteiger charge is 2.25. The normalized spacial score (nSPS) is 13.6. The van der Waals surface area contributed by atoms with Crippen molar-refractivity contribution in [1.29, 1.82) is 0 Å². The van der Waals surface area contributed by atoms with E-state index in [9.17, 15) is 4.79 Å². The van der Waals surface area contributed by atoms with Crippen molar-refractivity contribution < 1.29 is 4.79 Å². The lowest BCUT2D eigenvalue weighted by Crippen LogP contribution is -2.35. The third kappa shape index (κ3) is 2.81. The molecule has 1 aliphatic rings. The molecule has 4 nitrogen and oxygen atoms in total. The standard InChI is InChI=1S/C18H14ClN3OS/c19-14-6-7-17-16(10-14)21(8-9-24-17)18(23)13-11-20-22(12-13)15-4-2-1-3-5-15/h1-7,10-12H,8-9H2. The Morgan fingerprint density at radius 1 is 1.17 bits per heavy atom. The van der Waals surface area contributed by atoms with Crippen LogP contribution >= 0.6 is 23.4 Å². The molecule has 2 aromatic carbocycles. The number of benzene rings is 2. The minimum Gasteiger partial charge on any atom is -0.306 e. The molecule has 0 aliphatic carbocycles. The van der Waals surface area contributed by atoms with E-state index in [4.69, 9.17) is 11.6 Å². The third-order valence-electron chi connectivity index (χ3n) is 3.88. The summed E-state index contributed by atoms with van der Waals surface area (Å²) in [5.41, 5.74) is 2.36. The Hall–Kier alpha value is -2.24. The molecule has 4 rings (SSSR count). The maximum absolute atomic E-state index is 12.9. The van der Waals surface area contributed by atoms with Crippen LogP contribution in [0.2, 0.25) is 5.02 Å². The van der Waals surface area contributed by atoms with E-state index in [1.807, 2.05) is 48.5 Å². The lowest BCUT2D eigenvalue weighted by Gasteiger charge is -2.28. The summed E-state index contributed by atoms with van der Waals surface area (Å²) in [7, 11) is 0. The first-order valence-corrected chi connectivity index (χ1v) is 8.93. The minimum atomic E-state index is -0.0546. The number of thioether (sulfide) groups is 1. The van der Waals surface area contributed by atoms with Gasteiger partial charge in [-0.15, -0.1) is 11.8 Å². The zero-order valence-corrected chi connectivity index (χ0v) is 14.3. The van der Waals surface area contributed by atoms with Crippen molar-refractivity contribution in [2.45, 2.75) is 4.90 Å². The number of para-hydroxylation sites is 1. The number of hydrogen-bond acceptors (Lipinski definition) is 3. The van der Waals surface area contributed by atoms with Gasteiger partial charge in [0.1, 0.15) is 0 Å². The van der Waals surface area contributed by atoms with Gasteiger partial charge >= 0.3 is 0 Å². The van der Waals surface area contributed by atoms with E-state index in [1.165, 1.54) is 0 Å². The van der Waals surface area contributed by atoms with Gasteiger partial charge in [-0.3, -0.25) is 4.79 Å². The Kier molecular flexibility index (Phi) is 4.04. The van der Waals surface area contributed by atoms with Crippen LogP contribution in [0.25, 0.3) is 5.69 Å². The first kappa shape index (κ1) is 15.3. The van der Waals surface area contributed by atoms with Gasteiger partial charge in [0, 0.05) is 28.4 Å². The minimum absolute atomic E-state index is 0.0546. The summed E-state index contributed by atoms with van der Waals surface area (Å²) in [6, 6.07) is 15.4. The fourth-order valence-electron chi connectivity index (χ4n) is 2.71. The Morgan fingerprint density at radius 3 is 2.83 bits per heavy atom. The number of carbonyl (C=O) groups excluding carboxylic acids is 1. The summed E-state index contributed by atoms with van der Waals surface area (Å²) >= 11 is 7.86. The summed E-state index contributed by atoms with van der Waals surface area (Å²) in [6.07, 6.45) is 3.38. The highest BCUT2D eigenvalue weighted by atomic mass is 35.5. The van der Waals surface area contributed by atoms with E-state index in [-0.39, 0.29) is 5.91 Å². The van der Waals surface area contributed by atoms with Crippen molar-refractivity contribution in [3.05, 3.63) is 71.5 Å². The number of nitrogens with zero attached hydrogens (tertiary/aromatic N) is 3. The van der Waals surface area contributed by atoms with Gasteiger partial charge in [0.25, 0.3) is 5.91 Å². The van der Waals surface area contributed by atoms with Gasteiger partial charge < -0.3 is 4.90 Å². The van der Waals surface area contributed by atoms with Gasteiger partial charge in [-0.2, -0.15) is 5.10 Å². The Labute approximate surface area is 149 Å². The third-order valence-corrected chi connectivity index (χ3v) is 5.16.